The standard InChI is InChI=1S/C25H32N6P2/c1-24(2,3)32(20-11-7-9-13-26-20)22-28-15-17-30(22)19-31-18-16-29-23(31)33(25(4,5)6)21-12-8-10-14-27-21/h7-18H,19H2,1-6H3. The van der Waals surface area contributed by atoms with Crippen molar-refractivity contribution < 1.29 is 0 Å². The van der Waals surface area contributed by atoms with Gasteiger partial charge in [-0.3, -0.25) is 9.97 Å². The topological polar surface area (TPSA) is 61.4 Å². The molecule has 2 unspecified atom stereocenters. The van der Waals surface area contributed by atoms with Crippen molar-refractivity contribution >= 4 is 37.8 Å². The van der Waals surface area contributed by atoms with Gasteiger partial charge in [0, 0.05) is 53.0 Å². The number of pyridine rings is 2. The molecular formula is C25H32N6P2. The largest absolute Gasteiger partial charge is 0.312 e. The smallest absolute Gasteiger partial charge is 0.139 e. The van der Waals surface area contributed by atoms with Crippen LogP contribution in [0.4, 0.5) is 0 Å². The van der Waals surface area contributed by atoms with Crippen LogP contribution in [0.1, 0.15) is 41.5 Å². The fourth-order valence-electron chi connectivity index (χ4n) is 3.86. The summed E-state index contributed by atoms with van der Waals surface area (Å²) in [7, 11) is -1.50. The minimum Gasteiger partial charge on any atom is -0.312 e. The van der Waals surface area contributed by atoms with Gasteiger partial charge in [-0.2, -0.15) is 0 Å². The van der Waals surface area contributed by atoms with Crippen molar-refractivity contribution in [3.8, 4) is 0 Å². The van der Waals surface area contributed by atoms with Crippen molar-refractivity contribution in [1.82, 2.24) is 29.1 Å². The first-order valence-electron chi connectivity index (χ1n) is 11.1. The van der Waals surface area contributed by atoms with E-state index in [-0.39, 0.29) is 10.3 Å². The first-order valence-corrected chi connectivity index (χ1v) is 13.8. The van der Waals surface area contributed by atoms with E-state index in [1.54, 1.807) is 0 Å². The third kappa shape index (κ3) is 5.23. The minimum absolute atomic E-state index is 0.0243. The second kappa shape index (κ2) is 9.44. The van der Waals surface area contributed by atoms with E-state index in [0.717, 1.165) is 22.0 Å². The van der Waals surface area contributed by atoms with Gasteiger partial charge in [0.1, 0.15) is 17.8 Å². The number of hydrogen-bond donors (Lipinski definition) is 0. The fourth-order valence-corrected chi connectivity index (χ4v) is 8.82. The highest BCUT2D eigenvalue weighted by Crippen LogP contribution is 2.47. The molecule has 0 saturated carbocycles. The SMILES string of the molecule is CC(C)(C)P(c1ccccn1)c1nccn1Cn1ccnc1P(c1ccccn1)C(C)(C)C. The average molecular weight is 479 g/mol. The quantitative estimate of drug-likeness (QED) is 0.395. The molecule has 33 heavy (non-hydrogen) atoms. The molecular weight excluding hydrogens is 446 g/mol. The van der Waals surface area contributed by atoms with Gasteiger partial charge < -0.3 is 9.13 Å². The molecule has 0 bridgehead atoms. The zero-order chi connectivity index (χ0) is 23.6. The van der Waals surface area contributed by atoms with E-state index in [0.29, 0.717) is 6.67 Å². The Labute approximate surface area is 199 Å². The van der Waals surface area contributed by atoms with E-state index >= 15 is 0 Å². The summed E-state index contributed by atoms with van der Waals surface area (Å²) in [5, 5.41) is 0.0487. The third-order valence-corrected chi connectivity index (χ3v) is 10.9. The van der Waals surface area contributed by atoms with Gasteiger partial charge >= 0.3 is 0 Å². The first-order chi connectivity index (χ1) is 15.7. The van der Waals surface area contributed by atoms with Gasteiger partial charge in [-0.15, -0.1) is 0 Å². The Balaban J connectivity index is 1.74. The predicted octanol–water partition coefficient (Wildman–Crippen LogP) is 3.84. The van der Waals surface area contributed by atoms with E-state index in [9.17, 15) is 0 Å². The molecule has 2 atom stereocenters. The maximum atomic E-state index is 4.83. The Hall–Kier alpha value is -2.42. The molecule has 172 valence electrons. The molecule has 0 radical (unpaired) electrons. The van der Waals surface area contributed by atoms with Crippen molar-refractivity contribution in [3.05, 3.63) is 73.6 Å². The Bertz CT molecular complexity index is 1080. The molecule has 0 aliphatic heterocycles. The van der Waals surface area contributed by atoms with Crippen LogP contribution in [0, 0.1) is 0 Å². The fraction of sp³-hybridized carbons (Fsp3) is 0.360. The summed E-state index contributed by atoms with van der Waals surface area (Å²) >= 11 is 0. The van der Waals surface area contributed by atoms with Crippen LogP contribution in [0.5, 0.6) is 0 Å². The zero-order valence-electron chi connectivity index (χ0n) is 20.2. The molecule has 0 spiro atoms. The van der Waals surface area contributed by atoms with Crippen LogP contribution in [0.2, 0.25) is 0 Å². The summed E-state index contributed by atoms with van der Waals surface area (Å²) in [5.74, 6) is 0. The highest BCUT2D eigenvalue weighted by molar-refractivity contribution is 7.74. The van der Waals surface area contributed by atoms with Gasteiger partial charge in [0.2, 0.25) is 0 Å². The number of nitrogens with zero attached hydrogens (tertiary/aromatic N) is 6. The molecule has 6 nitrogen and oxygen atoms in total. The van der Waals surface area contributed by atoms with Crippen molar-refractivity contribution in [1.29, 1.82) is 0 Å². The van der Waals surface area contributed by atoms with E-state index in [2.05, 4.69) is 87.3 Å². The van der Waals surface area contributed by atoms with Crippen molar-refractivity contribution in [2.75, 3.05) is 0 Å². The van der Waals surface area contributed by atoms with Gasteiger partial charge in [0.25, 0.3) is 0 Å². The molecule has 0 amide bonds. The third-order valence-electron chi connectivity index (χ3n) is 5.19. The molecule has 0 aliphatic carbocycles. The Kier molecular flexibility index (Phi) is 6.79. The van der Waals surface area contributed by atoms with E-state index in [4.69, 9.17) is 19.9 Å². The molecule has 8 heteroatoms. The van der Waals surface area contributed by atoms with Crippen LogP contribution in [0.3, 0.4) is 0 Å². The summed E-state index contributed by atoms with van der Waals surface area (Å²) < 4.78 is 4.51. The Morgan fingerprint density at radius 2 is 1.03 bits per heavy atom. The number of imidazole rings is 2. The van der Waals surface area contributed by atoms with E-state index in [1.165, 1.54) is 0 Å². The lowest BCUT2D eigenvalue weighted by Crippen LogP contribution is -2.37. The minimum atomic E-state index is -0.749. The highest BCUT2D eigenvalue weighted by atomic mass is 31.1. The molecule has 4 heterocycles. The van der Waals surface area contributed by atoms with Gasteiger partial charge in [0.15, 0.2) is 0 Å². The maximum Gasteiger partial charge on any atom is 0.139 e. The van der Waals surface area contributed by atoms with Crippen molar-refractivity contribution in [2.45, 2.75) is 58.5 Å². The van der Waals surface area contributed by atoms with Gasteiger partial charge in [-0.25, -0.2) is 9.97 Å². The Morgan fingerprint density at radius 1 is 0.606 bits per heavy atom. The normalized spacial score (nSPS) is 14.2. The van der Waals surface area contributed by atoms with Crippen LogP contribution >= 0.6 is 15.8 Å². The van der Waals surface area contributed by atoms with Gasteiger partial charge in [-0.1, -0.05) is 53.7 Å². The summed E-state index contributed by atoms with van der Waals surface area (Å²) in [4.78, 5) is 19.1. The van der Waals surface area contributed by atoms with Crippen LogP contribution in [-0.2, 0) is 6.67 Å². The lowest BCUT2D eigenvalue weighted by molar-refractivity contribution is 0.631. The molecule has 0 aromatic carbocycles. The monoisotopic (exact) mass is 478 g/mol. The summed E-state index contributed by atoms with van der Waals surface area (Å²) in [5.41, 5.74) is 4.36. The van der Waals surface area contributed by atoms with E-state index in [1.807, 2.05) is 36.9 Å². The summed E-state index contributed by atoms with van der Waals surface area (Å²) in [6.45, 7) is 14.3. The molecule has 4 rings (SSSR count). The zero-order valence-corrected chi connectivity index (χ0v) is 22.0. The lowest BCUT2D eigenvalue weighted by atomic mass is 10.3. The molecule has 4 aromatic heterocycles. The van der Waals surface area contributed by atoms with Gasteiger partial charge in [-0.05, 0) is 34.6 Å². The molecule has 0 N–H and O–H groups in total. The number of aromatic nitrogens is 6. The number of rotatable bonds is 6. The maximum absolute atomic E-state index is 4.83. The second-order valence-electron chi connectivity index (χ2n) is 9.92. The highest BCUT2D eigenvalue weighted by Gasteiger charge is 2.34. The first kappa shape index (κ1) is 23.7. The second-order valence-corrected chi connectivity index (χ2v) is 15.7. The molecule has 0 saturated heterocycles. The molecule has 0 aliphatic rings. The summed E-state index contributed by atoms with van der Waals surface area (Å²) in [6.07, 6.45) is 11.7. The Morgan fingerprint density at radius 3 is 1.36 bits per heavy atom. The van der Waals surface area contributed by atoms with Crippen LogP contribution in [-0.4, -0.2) is 39.4 Å². The van der Waals surface area contributed by atoms with Crippen LogP contribution in [0.25, 0.3) is 0 Å². The van der Waals surface area contributed by atoms with Crippen LogP contribution < -0.4 is 22.0 Å². The average Bonchev–Trinajstić information content (AvgIpc) is 3.38. The lowest BCUT2D eigenvalue weighted by Gasteiger charge is -2.32. The molecule has 0 fully saturated rings. The predicted molar refractivity (Wildman–Crippen MR) is 140 cm³/mol. The van der Waals surface area contributed by atoms with Crippen molar-refractivity contribution in [2.24, 2.45) is 0 Å². The van der Waals surface area contributed by atoms with Gasteiger partial charge in [0.05, 0.1) is 10.9 Å². The van der Waals surface area contributed by atoms with Crippen LogP contribution in [0.15, 0.2) is 73.6 Å². The number of hydrogen-bond acceptors (Lipinski definition) is 4. The summed E-state index contributed by atoms with van der Waals surface area (Å²) in [6, 6.07) is 12.3. The van der Waals surface area contributed by atoms with E-state index < -0.39 is 15.8 Å². The molecule has 4 aromatic rings. The van der Waals surface area contributed by atoms with Crippen molar-refractivity contribution in [3.63, 3.8) is 0 Å².